The molecule has 0 bridgehead atoms. The van der Waals surface area contributed by atoms with Gasteiger partial charge in [0.2, 0.25) is 10.5 Å². The number of rotatable bonds is 12. The molecule has 0 saturated carbocycles. The van der Waals surface area contributed by atoms with Crippen molar-refractivity contribution in [2.75, 3.05) is 0 Å². The minimum Gasteiger partial charge on any atom is -0.280 e. The zero-order valence-corrected chi connectivity index (χ0v) is 13.2. The molecule has 0 heterocycles. The van der Waals surface area contributed by atoms with E-state index in [9.17, 15) is 9.59 Å². The predicted molar refractivity (Wildman–Crippen MR) is 81.6 cm³/mol. The lowest BCUT2D eigenvalue weighted by molar-refractivity contribution is -0.130. The Morgan fingerprint density at radius 1 is 0.947 bits per heavy atom. The molecule has 0 aliphatic heterocycles. The van der Waals surface area contributed by atoms with Crippen molar-refractivity contribution >= 4 is 33.7 Å². The third-order valence-corrected chi connectivity index (χ3v) is 4.29. The van der Waals surface area contributed by atoms with Crippen LogP contribution in [0.3, 0.4) is 0 Å². The number of unbranched alkanes of at least 4 members (excludes halogenated alkanes) is 7. The summed E-state index contributed by atoms with van der Waals surface area (Å²) in [5, 5.41) is -1.31. The van der Waals surface area contributed by atoms with Crippen molar-refractivity contribution in [1.82, 2.24) is 0 Å². The van der Waals surface area contributed by atoms with Gasteiger partial charge in [-0.2, -0.15) is 0 Å². The monoisotopic (exact) mass is 306 g/mol. The van der Waals surface area contributed by atoms with Crippen molar-refractivity contribution < 1.29 is 9.59 Å². The summed E-state index contributed by atoms with van der Waals surface area (Å²) < 4.78 is 0. The molecule has 0 aliphatic carbocycles. The Morgan fingerprint density at radius 3 is 1.79 bits per heavy atom. The molecule has 4 heteroatoms. The van der Waals surface area contributed by atoms with Gasteiger partial charge in [-0.1, -0.05) is 44.6 Å². The second-order valence-corrected chi connectivity index (χ2v) is 5.87. The van der Waals surface area contributed by atoms with Gasteiger partial charge in [-0.25, -0.2) is 0 Å². The highest BCUT2D eigenvalue weighted by Crippen LogP contribution is 2.30. The van der Waals surface area contributed by atoms with Crippen molar-refractivity contribution in [3.8, 4) is 0 Å². The molecular formula is C15H24Cl2O2. The maximum absolute atomic E-state index is 11.2. The molecule has 0 saturated heterocycles. The van der Waals surface area contributed by atoms with Gasteiger partial charge in [-0.3, -0.25) is 9.59 Å². The lowest BCUT2D eigenvalue weighted by Crippen LogP contribution is -2.30. The van der Waals surface area contributed by atoms with Crippen LogP contribution in [0.2, 0.25) is 0 Å². The highest BCUT2D eigenvalue weighted by molar-refractivity contribution is 6.74. The molecule has 0 spiro atoms. The molecule has 19 heavy (non-hydrogen) atoms. The fraction of sp³-hybridized carbons (Fsp3) is 0.733. The third kappa shape index (κ3) is 7.74. The van der Waals surface area contributed by atoms with Crippen LogP contribution in [0.5, 0.6) is 0 Å². The molecule has 2 nitrogen and oxygen atoms in total. The molecule has 0 aromatic rings. The lowest BCUT2D eigenvalue weighted by atomic mass is 9.87. The standard InChI is InChI=1S/C15H24Cl2O2/c1-3-4-5-6-7-8-9-10-11-12-15(2,13(16)18)14(17)19/h3H,1,4-12H2,2H3. The zero-order valence-electron chi connectivity index (χ0n) is 11.7. The van der Waals surface area contributed by atoms with Gasteiger partial charge < -0.3 is 0 Å². The molecule has 0 rings (SSSR count). The van der Waals surface area contributed by atoms with Crippen LogP contribution in [0.1, 0.15) is 64.7 Å². The summed E-state index contributed by atoms with van der Waals surface area (Å²) in [6, 6.07) is 0. The van der Waals surface area contributed by atoms with E-state index in [0.29, 0.717) is 6.42 Å². The number of allylic oxidation sites excluding steroid dienone is 1. The van der Waals surface area contributed by atoms with Crippen molar-refractivity contribution in [1.29, 1.82) is 0 Å². The Balaban J connectivity index is 3.65. The number of carbonyl (C=O) groups excluding carboxylic acids is 2. The van der Waals surface area contributed by atoms with Crippen LogP contribution in [0.25, 0.3) is 0 Å². The Kier molecular flexibility index (Phi) is 10.3. The minimum absolute atomic E-state index is 0.439. The maximum Gasteiger partial charge on any atom is 0.236 e. The molecule has 0 aliphatic rings. The van der Waals surface area contributed by atoms with Gasteiger partial charge in [0, 0.05) is 0 Å². The molecule has 0 amide bonds. The molecule has 0 aromatic heterocycles. The normalized spacial score (nSPS) is 11.3. The second kappa shape index (κ2) is 10.4. The number of halogens is 2. The van der Waals surface area contributed by atoms with E-state index >= 15 is 0 Å². The second-order valence-electron chi connectivity index (χ2n) is 5.18. The Morgan fingerprint density at radius 2 is 1.37 bits per heavy atom. The van der Waals surface area contributed by atoms with Crippen LogP contribution in [0, 0.1) is 5.41 Å². The van der Waals surface area contributed by atoms with E-state index in [4.69, 9.17) is 23.2 Å². The Hall–Kier alpha value is -0.340. The van der Waals surface area contributed by atoms with E-state index in [1.54, 1.807) is 0 Å². The first-order chi connectivity index (χ1) is 8.95. The first-order valence-corrected chi connectivity index (χ1v) is 7.71. The SMILES string of the molecule is C=CCCCCCCCCCC(C)(C(=O)Cl)C(=O)Cl. The molecule has 0 atom stereocenters. The van der Waals surface area contributed by atoms with Gasteiger partial charge in [0.15, 0.2) is 0 Å². The van der Waals surface area contributed by atoms with Crippen LogP contribution < -0.4 is 0 Å². The van der Waals surface area contributed by atoms with Crippen LogP contribution in [0.15, 0.2) is 12.7 Å². The Bertz CT molecular complexity index is 287. The van der Waals surface area contributed by atoms with E-state index in [0.717, 1.165) is 25.7 Å². The molecule has 0 unspecified atom stereocenters. The average Bonchev–Trinajstić information content (AvgIpc) is 2.36. The minimum atomic E-state index is -1.22. The highest BCUT2D eigenvalue weighted by Gasteiger charge is 2.38. The van der Waals surface area contributed by atoms with E-state index in [1.165, 1.54) is 32.6 Å². The third-order valence-electron chi connectivity index (χ3n) is 3.45. The lowest BCUT2D eigenvalue weighted by Gasteiger charge is -2.20. The van der Waals surface area contributed by atoms with Gasteiger partial charge in [-0.15, -0.1) is 6.58 Å². The molecule has 0 radical (unpaired) electrons. The number of hydrogen-bond acceptors (Lipinski definition) is 2. The maximum atomic E-state index is 11.2. The number of carbonyl (C=O) groups is 2. The largest absolute Gasteiger partial charge is 0.280 e. The van der Waals surface area contributed by atoms with Gasteiger partial charge in [0.1, 0.15) is 5.41 Å². The predicted octanol–water partition coefficient (Wildman–Crippen LogP) is 5.22. The summed E-state index contributed by atoms with van der Waals surface area (Å²) in [6.45, 7) is 5.21. The summed E-state index contributed by atoms with van der Waals surface area (Å²) in [5.41, 5.74) is -1.22. The van der Waals surface area contributed by atoms with Gasteiger partial charge in [-0.05, 0) is 49.4 Å². The molecule has 0 aromatic carbocycles. The number of hydrogen-bond donors (Lipinski definition) is 0. The van der Waals surface area contributed by atoms with Crippen molar-refractivity contribution in [3.05, 3.63) is 12.7 Å². The van der Waals surface area contributed by atoms with Crippen LogP contribution >= 0.6 is 23.2 Å². The fourth-order valence-electron chi connectivity index (χ4n) is 1.92. The van der Waals surface area contributed by atoms with E-state index in [1.807, 2.05) is 6.08 Å². The van der Waals surface area contributed by atoms with Crippen LogP contribution in [-0.4, -0.2) is 10.5 Å². The average molecular weight is 307 g/mol. The zero-order chi connectivity index (χ0) is 14.7. The molecule has 0 N–H and O–H groups in total. The van der Waals surface area contributed by atoms with E-state index in [-0.39, 0.29) is 0 Å². The quantitative estimate of drug-likeness (QED) is 0.214. The van der Waals surface area contributed by atoms with Gasteiger partial charge in [0.05, 0.1) is 0 Å². The summed E-state index contributed by atoms with van der Waals surface area (Å²) in [7, 11) is 0. The topological polar surface area (TPSA) is 34.1 Å². The van der Waals surface area contributed by atoms with Crippen LogP contribution in [-0.2, 0) is 9.59 Å². The summed E-state index contributed by atoms with van der Waals surface area (Å²) in [5.74, 6) is 0. The first-order valence-electron chi connectivity index (χ1n) is 6.96. The smallest absolute Gasteiger partial charge is 0.236 e. The van der Waals surface area contributed by atoms with E-state index in [2.05, 4.69) is 6.58 Å². The molecule has 0 fully saturated rings. The fourth-order valence-corrected chi connectivity index (χ4v) is 2.33. The van der Waals surface area contributed by atoms with Crippen molar-refractivity contribution in [2.45, 2.75) is 64.7 Å². The van der Waals surface area contributed by atoms with Crippen molar-refractivity contribution in [3.63, 3.8) is 0 Å². The van der Waals surface area contributed by atoms with Crippen LogP contribution in [0.4, 0.5) is 0 Å². The van der Waals surface area contributed by atoms with E-state index < -0.39 is 15.9 Å². The molecule has 110 valence electrons. The summed E-state index contributed by atoms with van der Waals surface area (Å²) >= 11 is 10.9. The molecular weight excluding hydrogens is 283 g/mol. The summed E-state index contributed by atoms with van der Waals surface area (Å²) in [6.07, 6.45) is 11.3. The highest BCUT2D eigenvalue weighted by atomic mass is 35.5. The first kappa shape index (κ1) is 18.7. The van der Waals surface area contributed by atoms with Gasteiger partial charge >= 0.3 is 0 Å². The van der Waals surface area contributed by atoms with Gasteiger partial charge in [0.25, 0.3) is 0 Å². The summed E-state index contributed by atoms with van der Waals surface area (Å²) in [4.78, 5) is 22.5. The Labute approximate surface area is 126 Å². The van der Waals surface area contributed by atoms with Crippen molar-refractivity contribution in [2.24, 2.45) is 5.41 Å².